The van der Waals surface area contributed by atoms with E-state index in [1.165, 1.54) is 24.8 Å². The average molecular weight is 488 g/mol. The van der Waals surface area contributed by atoms with Crippen LogP contribution >= 0.6 is 0 Å². The summed E-state index contributed by atoms with van der Waals surface area (Å²) >= 11 is 0. The molecule has 4 aliphatic rings. The second-order valence-electron chi connectivity index (χ2n) is 11.4. The Balaban J connectivity index is 1.20. The quantitative estimate of drug-likeness (QED) is 0.407. The molecule has 3 saturated heterocycles. The van der Waals surface area contributed by atoms with Crippen molar-refractivity contribution in [3.8, 4) is 0 Å². The maximum absolute atomic E-state index is 12.2. The van der Waals surface area contributed by atoms with Crippen LogP contribution in [0.25, 0.3) is 0 Å². The standard InChI is InChI=1S/C31H39N2O3/c34-31(26-12-6-2-7-13-26,27-14-8-3-9-15-27)30-20-28(36-32-30)21-33-18-16-25(17-19-33)29(22-33)35-23-24-10-4-1-5-11-24/h1-2,4-7,10-13,20,25,27,29,34H,3,8-9,14-19,21-23H2/q+1. The molecule has 190 valence electrons. The molecule has 3 aliphatic heterocycles. The Labute approximate surface area is 214 Å². The Morgan fingerprint density at radius 2 is 1.61 bits per heavy atom. The van der Waals surface area contributed by atoms with E-state index in [-0.39, 0.29) is 5.92 Å². The molecule has 5 heteroatoms. The van der Waals surface area contributed by atoms with E-state index >= 15 is 0 Å². The van der Waals surface area contributed by atoms with Gasteiger partial charge in [0.15, 0.2) is 5.76 Å². The minimum absolute atomic E-state index is 0.167. The van der Waals surface area contributed by atoms with Crippen LogP contribution in [0.15, 0.2) is 71.3 Å². The van der Waals surface area contributed by atoms with Crippen molar-refractivity contribution in [2.75, 3.05) is 19.6 Å². The van der Waals surface area contributed by atoms with Gasteiger partial charge in [-0.15, -0.1) is 0 Å². The molecule has 3 aromatic rings. The lowest BCUT2D eigenvalue weighted by molar-refractivity contribution is -0.959. The van der Waals surface area contributed by atoms with Crippen molar-refractivity contribution in [2.45, 2.75) is 69.8 Å². The molecule has 4 fully saturated rings. The smallest absolute Gasteiger partial charge is 0.191 e. The molecule has 0 spiro atoms. The number of hydrogen-bond acceptors (Lipinski definition) is 4. The number of ether oxygens (including phenoxy) is 1. The summed E-state index contributed by atoms with van der Waals surface area (Å²) in [5.41, 5.74) is 1.75. The fraction of sp³-hybridized carbons (Fsp3) is 0.516. The maximum Gasteiger partial charge on any atom is 0.191 e. The minimum atomic E-state index is -1.10. The number of benzene rings is 2. The number of rotatable bonds is 8. The van der Waals surface area contributed by atoms with E-state index in [1.54, 1.807) is 0 Å². The SMILES string of the molecule is OC(c1ccccc1)(c1cc(C[N+]23CCC(CC2)C(OCc2ccccc2)C3)on1)C1CCCCC1. The normalized spacial score (nSPS) is 28.1. The summed E-state index contributed by atoms with van der Waals surface area (Å²) in [6, 6.07) is 22.6. The first kappa shape index (κ1) is 23.9. The molecule has 2 unspecified atom stereocenters. The topological polar surface area (TPSA) is 55.5 Å². The van der Waals surface area contributed by atoms with Crippen molar-refractivity contribution in [3.05, 3.63) is 89.3 Å². The molecule has 1 saturated carbocycles. The molecule has 1 aliphatic carbocycles. The third-order valence-electron chi connectivity index (χ3n) is 9.20. The van der Waals surface area contributed by atoms with Gasteiger partial charge in [-0.1, -0.05) is 85.1 Å². The summed E-state index contributed by atoms with van der Waals surface area (Å²) in [5, 5.41) is 16.7. The molecule has 1 aromatic heterocycles. The summed E-state index contributed by atoms with van der Waals surface area (Å²) in [7, 11) is 0. The molecular weight excluding hydrogens is 448 g/mol. The van der Waals surface area contributed by atoms with Crippen molar-refractivity contribution in [2.24, 2.45) is 11.8 Å². The van der Waals surface area contributed by atoms with Crippen molar-refractivity contribution in [1.29, 1.82) is 0 Å². The Morgan fingerprint density at radius 3 is 2.33 bits per heavy atom. The van der Waals surface area contributed by atoms with E-state index in [2.05, 4.69) is 41.6 Å². The molecule has 1 N–H and O–H groups in total. The van der Waals surface area contributed by atoms with Crippen molar-refractivity contribution in [1.82, 2.24) is 5.16 Å². The van der Waals surface area contributed by atoms with Crippen LogP contribution in [0.3, 0.4) is 0 Å². The number of aliphatic hydroxyl groups is 1. The second kappa shape index (κ2) is 10.1. The largest absolute Gasteiger partial charge is 0.378 e. The van der Waals surface area contributed by atoms with Crippen LogP contribution in [0.1, 0.15) is 67.5 Å². The van der Waals surface area contributed by atoms with Crippen LogP contribution in [-0.2, 0) is 23.5 Å². The number of nitrogens with zero attached hydrogens (tertiary/aromatic N) is 2. The number of piperidine rings is 3. The van der Waals surface area contributed by atoms with Crippen LogP contribution in [-0.4, -0.2) is 40.5 Å². The van der Waals surface area contributed by atoms with Gasteiger partial charge in [0.05, 0.1) is 19.7 Å². The number of quaternary nitrogens is 1. The van der Waals surface area contributed by atoms with E-state index in [0.29, 0.717) is 24.3 Å². The highest BCUT2D eigenvalue weighted by atomic mass is 16.5. The van der Waals surface area contributed by atoms with E-state index < -0.39 is 5.60 Å². The third-order valence-corrected chi connectivity index (χ3v) is 9.20. The van der Waals surface area contributed by atoms with Gasteiger partial charge in [0.25, 0.3) is 0 Å². The Hall–Kier alpha value is -2.47. The lowest BCUT2D eigenvalue weighted by Gasteiger charge is -2.51. The van der Waals surface area contributed by atoms with Gasteiger partial charge in [0, 0.05) is 24.8 Å². The monoisotopic (exact) mass is 487 g/mol. The zero-order chi connectivity index (χ0) is 24.4. The lowest BCUT2D eigenvalue weighted by Crippen LogP contribution is -2.63. The molecule has 2 atom stereocenters. The van der Waals surface area contributed by atoms with E-state index in [1.807, 2.05) is 30.3 Å². The zero-order valence-electron chi connectivity index (χ0n) is 21.2. The van der Waals surface area contributed by atoms with Crippen molar-refractivity contribution in [3.63, 3.8) is 0 Å². The van der Waals surface area contributed by atoms with Gasteiger partial charge in [0.2, 0.25) is 0 Å². The van der Waals surface area contributed by atoms with Crippen LogP contribution in [0.5, 0.6) is 0 Å². The molecule has 0 amide bonds. The molecule has 5 nitrogen and oxygen atoms in total. The molecule has 0 radical (unpaired) electrons. The van der Waals surface area contributed by atoms with Crippen LogP contribution in [0.2, 0.25) is 0 Å². The van der Waals surface area contributed by atoms with Gasteiger partial charge in [0.1, 0.15) is 30.5 Å². The van der Waals surface area contributed by atoms with Gasteiger partial charge in [-0.3, -0.25) is 0 Å². The summed E-state index contributed by atoms with van der Waals surface area (Å²) in [4.78, 5) is 0. The lowest BCUT2D eigenvalue weighted by atomic mass is 9.71. The fourth-order valence-electron chi connectivity index (χ4n) is 7.11. The minimum Gasteiger partial charge on any atom is -0.378 e. The molecule has 2 bridgehead atoms. The first-order valence-electron chi connectivity index (χ1n) is 13.9. The van der Waals surface area contributed by atoms with Crippen LogP contribution in [0.4, 0.5) is 0 Å². The van der Waals surface area contributed by atoms with Crippen molar-refractivity contribution >= 4 is 0 Å². The second-order valence-corrected chi connectivity index (χ2v) is 11.4. The molecule has 36 heavy (non-hydrogen) atoms. The van der Waals surface area contributed by atoms with Gasteiger partial charge in [-0.25, -0.2) is 0 Å². The number of hydrogen-bond donors (Lipinski definition) is 1. The zero-order valence-corrected chi connectivity index (χ0v) is 21.2. The first-order chi connectivity index (χ1) is 17.6. The van der Waals surface area contributed by atoms with Gasteiger partial charge in [-0.05, 0) is 29.9 Å². The Morgan fingerprint density at radius 1 is 0.917 bits per heavy atom. The van der Waals surface area contributed by atoms with E-state index in [0.717, 1.165) is 67.7 Å². The summed E-state index contributed by atoms with van der Waals surface area (Å²) in [6.45, 7) is 4.86. The molecular formula is C31H39N2O3+. The fourth-order valence-corrected chi connectivity index (χ4v) is 7.11. The maximum atomic E-state index is 12.2. The van der Waals surface area contributed by atoms with E-state index in [4.69, 9.17) is 9.26 Å². The first-order valence-corrected chi connectivity index (χ1v) is 13.9. The highest BCUT2D eigenvalue weighted by Gasteiger charge is 2.48. The van der Waals surface area contributed by atoms with Gasteiger partial charge in [-0.2, -0.15) is 0 Å². The van der Waals surface area contributed by atoms with Gasteiger partial charge >= 0.3 is 0 Å². The van der Waals surface area contributed by atoms with Crippen LogP contribution < -0.4 is 0 Å². The average Bonchev–Trinajstić information content (AvgIpc) is 3.42. The predicted octanol–water partition coefficient (Wildman–Crippen LogP) is 5.82. The summed E-state index contributed by atoms with van der Waals surface area (Å²) in [6.07, 6.45) is 8.32. The highest BCUT2D eigenvalue weighted by Crippen LogP contribution is 2.44. The molecule has 7 rings (SSSR count). The molecule has 4 heterocycles. The third kappa shape index (κ3) is 4.65. The summed E-state index contributed by atoms with van der Waals surface area (Å²) < 4.78 is 13.4. The van der Waals surface area contributed by atoms with E-state index in [9.17, 15) is 5.11 Å². The Kier molecular flexibility index (Phi) is 6.72. The Bertz CT molecular complexity index is 1120. The van der Waals surface area contributed by atoms with Crippen molar-refractivity contribution < 1.29 is 18.8 Å². The summed E-state index contributed by atoms with van der Waals surface area (Å²) in [5.74, 6) is 1.71. The number of aromatic nitrogens is 1. The number of fused-ring (bicyclic) bond motifs is 3. The molecule has 2 aromatic carbocycles. The van der Waals surface area contributed by atoms with Crippen LogP contribution in [0, 0.1) is 11.8 Å². The predicted molar refractivity (Wildman–Crippen MR) is 139 cm³/mol. The van der Waals surface area contributed by atoms with Gasteiger partial charge < -0.3 is 18.8 Å². The highest BCUT2D eigenvalue weighted by molar-refractivity contribution is 5.33.